The molecule has 0 aromatic heterocycles. The van der Waals surface area contributed by atoms with Gasteiger partial charge in [-0.15, -0.1) is 0 Å². The molecule has 3 aromatic carbocycles. The summed E-state index contributed by atoms with van der Waals surface area (Å²) < 4.78 is 6.55. The van der Waals surface area contributed by atoms with E-state index in [1.54, 1.807) is 0 Å². The molecule has 0 saturated heterocycles. The molecule has 3 rings (SSSR count). The maximum Gasteiger partial charge on any atom is 0.262 e. The highest BCUT2D eigenvalue weighted by molar-refractivity contribution is 9.10. The Morgan fingerprint density at radius 3 is 2.70 bits per heavy atom. The maximum atomic E-state index is 12.1. The summed E-state index contributed by atoms with van der Waals surface area (Å²) in [6, 6.07) is 19.5. The molecule has 0 atom stereocenters. The molecule has 0 heterocycles. The topological polar surface area (TPSA) is 38.3 Å². The first-order chi connectivity index (χ1) is 11.1. The van der Waals surface area contributed by atoms with Crippen molar-refractivity contribution in [2.24, 2.45) is 0 Å². The number of anilines is 1. The van der Waals surface area contributed by atoms with Gasteiger partial charge in [0.25, 0.3) is 5.91 Å². The number of fused-ring (bicyclic) bond motifs is 1. The monoisotopic (exact) mass is 369 g/mol. The van der Waals surface area contributed by atoms with Gasteiger partial charge >= 0.3 is 0 Å². The van der Waals surface area contributed by atoms with Crippen molar-refractivity contribution in [2.45, 2.75) is 6.92 Å². The van der Waals surface area contributed by atoms with Crippen LogP contribution in [0, 0.1) is 6.92 Å². The molecule has 23 heavy (non-hydrogen) atoms. The van der Waals surface area contributed by atoms with Crippen molar-refractivity contribution in [3.8, 4) is 5.75 Å². The fourth-order valence-corrected chi connectivity index (χ4v) is 2.97. The van der Waals surface area contributed by atoms with Crippen molar-refractivity contribution in [1.29, 1.82) is 0 Å². The minimum atomic E-state index is -0.192. The number of hydrogen-bond acceptors (Lipinski definition) is 2. The number of ether oxygens (including phenoxy) is 1. The molecule has 3 nitrogen and oxygen atoms in total. The lowest BCUT2D eigenvalue weighted by atomic mass is 10.1. The molecule has 116 valence electrons. The summed E-state index contributed by atoms with van der Waals surface area (Å²) in [6.45, 7) is 1.97. The molecule has 4 heteroatoms. The second-order valence-corrected chi connectivity index (χ2v) is 6.15. The quantitative estimate of drug-likeness (QED) is 0.707. The molecule has 0 aliphatic rings. The van der Waals surface area contributed by atoms with Crippen LogP contribution in [0.15, 0.2) is 65.1 Å². The van der Waals surface area contributed by atoms with Crippen LogP contribution in [0.3, 0.4) is 0 Å². The second kappa shape index (κ2) is 6.84. The molecule has 0 bridgehead atoms. The van der Waals surface area contributed by atoms with E-state index in [2.05, 4.69) is 21.2 Å². The van der Waals surface area contributed by atoms with Crippen LogP contribution in [-0.2, 0) is 4.79 Å². The number of amides is 1. The van der Waals surface area contributed by atoms with Gasteiger partial charge in [-0.05, 0) is 52.0 Å². The first-order valence-electron chi connectivity index (χ1n) is 7.30. The third kappa shape index (κ3) is 3.71. The van der Waals surface area contributed by atoms with Gasteiger partial charge in [0.2, 0.25) is 0 Å². The van der Waals surface area contributed by atoms with Gasteiger partial charge in [-0.1, -0.05) is 42.5 Å². The lowest BCUT2D eigenvalue weighted by molar-refractivity contribution is -0.118. The summed E-state index contributed by atoms with van der Waals surface area (Å²) in [5, 5.41) is 4.93. The maximum absolute atomic E-state index is 12.1. The lowest BCUT2D eigenvalue weighted by Crippen LogP contribution is -2.20. The van der Waals surface area contributed by atoms with E-state index >= 15 is 0 Å². The normalized spacial score (nSPS) is 10.5. The van der Waals surface area contributed by atoms with E-state index in [-0.39, 0.29) is 12.5 Å². The van der Waals surface area contributed by atoms with E-state index < -0.39 is 0 Å². The van der Waals surface area contributed by atoms with Crippen molar-refractivity contribution in [3.05, 3.63) is 70.7 Å². The van der Waals surface area contributed by atoms with E-state index in [1.165, 1.54) is 0 Å². The van der Waals surface area contributed by atoms with Gasteiger partial charge in [0.15, 0.2) is 6.61 Å². The van der Waals surface area contributed by atoms with E-state index in [1.807, 2.05) is 67.6 Å². The zero-order valence-electron chi connectivity index (χ0n) is 12.7. The van der Waals surface area contributed by atoms with Gasteiger partial charge in [0.05, 0.1) is 5.69 Å². The van der Waals surface area contributed by atoms with Gasteiger partial charge < -0.3 is 10.1 Å². The Kier molecular flexibility index (Phi) is 4.63. The minimum absolute atomic E-state index is 0.0334. The van der Waals surface area contributed by atoms with Crippen LogP contribution >= 0.6 is 15.9 Å². The fraction of sp³-hybridized carbons (Fsp3) is 0.105. The van der Waals surface area contributed by atoms with Crippen LogP contribution in [0.2, 0.25) is 0 Å². The van der Waals surface area contributed by atoms with Crippen molar-refractivity contribution in [1.82, 2.24) is 0 Å². The average Bonchev–Trinajstić information content (AvgIpc) is 2.55. The third-order valence-electron chi connectivity index (χ3n) is 3.51. The van der Waals surface area contributed by atoms with E-state index in [9.17, 15) is 4.79 Å². The fourth-order valence-electron chi connectivity index (χ4n) is 2.37. The van der Waals surface area contributed by atoms with Crippen LogP contribution in [0.25, 0.3) is 10.8 Å². The summed E-state index contributed by atoms with van der Waals surface area (Å²) in [5.74, 6) is 0.517. The van der Waals surface area contributed by atoms with Gasteiger partial charge in [0, 0.05) is 9.86 Å². The number of benzene rings is 3. The standard InChI is InChI=1S/C19H16BrNO2/c1-13-9-10-17(16(20)11-13)21-19(22)12-23-18-8-4-6-14-5-2-3-7-15(14)18/h2-11H,12H2,1H3,(H,21,22). The number of nitrogens with one attached hydrogen (secondary N) is 1. The van der Waals surface area contributed by atoms with Crippen molar-refractivity contribution >= 4 is 38.3 Å². The minimum Gasteiger partial charge on any atom is -0.483 e. The second-order valence-electron chi connectivity index (χ2n) is 5.30. The molecule has 3 aromatic rings. The molecular weight excluding hydrogens is 354 g/mol. The van der Waals surface area contributed by atoms with Crippen LogP contribution in [0.5, 0.6) is 5.75 Å². The van der Waals surface area contributed by atoms with Crippen molar-refractivity contribution in [3.63, 3.8) is 0 Å². The smallest absolute Gasteiger partial charge is 0.262 e. The van der Waals surface area contributed by atoms with Crippen molar-refractivity contribution < 1.29 is 9.53 Å². The Bertz CT molecular complexity index is 856. The molecule has 0 saturated carbocycles. The summed E-state index contributed by atoms with van der Waals surface area (Å²) in [5.41, 5.74) is 1.86. The molecule has 1 N–H and O–H groups in total. The zero-order chi connectivity index (χ0) is 16.2. The zero-order valence-corrected chi connectivity index (χ0v) is 14.3. The summed E-state index contributed by atoms with van der Waals surface area (Å²) in [4.78, 5) is 12.1. The van der Waals surface area contributed by atoms with E-state index in [4.69, 9.17) is 4.74 Å². The highest BCUT2D eigenvalue weighted by atomic mass is 79.9. The Labute approximate surface area is 143 Å². The Morgan fingerprint density at radius 2 is 1.87 bits per heavy atom. The lowest BCUT2D eigenvalue weighted by Gasteiger charge is -2.11. The molecule has 0 fully saturated rings. The Hall–Kier alpha value is -2.33. The highest BCUT2D eigenvalue weighted by Crippen LogP contribution is 2.26. The number of hydrogen-bond donors (Lipinski definition) is 1. The third-order valence-corrected chi connectivity index (χ3v) is 4.16. The molecular formula is C19H16BrNO2. The SMILES string of the molecule is Cc1ccc(NC(=O)COc2cccc3ccccc23)c(Br)c1. The summed E-state index contributed by atoms with van der Waals surface area (Å²) in [7, 11) is 0. The first kappa shape index (κ1) is 15.6. The van der Waals surface area contributed by atoms with Gasteiger partial charge in [-0.3, -0.25) is 4.79 Å². The number of halogens is 1. The highest BCUT2D eigenvalue weighted by Gasteiger charge is 2.08. The molecule has 0 unspecified atom stereocenters. The molecule has 0 aliphatic carbocycles. The van der Waals surface area contributed by atoms with Crippen LogP contribution in [0.1, 0.15) is 5.56 Å². The van der Waals surface area contributed by atoms with Crippen LogP contribution < -0.4 is 10.1 Å². The number of aryl methyl sites for hydroxylation is 1. The first-order valence-corrected chi connectivity index (χ1v) is 8.09. The number of rotatable bonds is 4. The van der Waals surface area contributed by atoms with E-state index in [0.717, 1.165) is 26.5 Å². The number of carbonyl (C=O) groups excluding carboxylic acids is 1. The predicted octanol–water partition coefficient (Wildman–Crippen LogP) is 4.93. The molecule has 0 aliphatic heterocycles. The van der Waals surface area contributed by atoms with Crippen molar-refractivity contribution in [2.75, 3.05) is 11.9 Å². The predicted molar refractivity (Wildman–Crippen MR) is 97.0 cm³/mol. The molecule has 0 radical (unpaired) electrons. The molecule has 1 amide bonds. The van der Waals surface area contributed by atoms with E-state index in [0.29, 0.717) is 5.75 Å². The van der Waals surface area contributed by atoms with Crippen LogP contribution in [0.4, 0.5) is 5.69 Å². The Morgan fingerprint density at radius 1 is 1.09 bits per heavy atom. The van der Waals surface area contributed by atoms with Gasteiger partial charge in [-0.2, -0.15) is 0 Å². The largest absolute Gasteiger partial charge is 0.483 e. The van der Waals surface area contributed by atoms with Gasteiger partial charge in [0.1, 0.15) is 5.75 Å². The Balaban J connectivity index is 1.69. The average molecular weight is 370 g/mol. The van der Waals surface area contributed by atoms with Gasteiger partial charge in [-0.25, -0.2) is 0 Å². The summed E-state index contributed by atoms with van der Waals surface area (Å²) >= 11 is 3.45. The molecule has 0 spiro atoms. The summed E-state index contributed by atoms with van der Waals surface area (Å²) in [6.07, 6.45) is 0. The van der Waals surface area contributed by atoms with Crippen LogP contribution in [-0.4, -0.2) is 12.5 Å². The number of carbonyl (C=O) groups is 1.